The predicted molar refractivity (Wildman–Crippen MR) is 89.5 cm³/mol. The number of nitrogens with zero attached hydrogens (tertiary/aromatic N) is 1. The van der Waals surface area contributed by atoms with Gasteiger partial charge in [-0.05, 0) is 36.5 Å². The quantitative estimate of drug-likeness (QED) is 0.848. The summed E-state index contributed by atoms with van der Waals surface area (Å²) in [6.07, 6.45) is 0.564. The molecule has 0 unspecified atom stereocenters. The van der Waals surface area contributed by atoms with Crippen molar-refractivity contribution in [3.05, 3.63) is 23.8 Å². The zero-order chi connectivity index (χ0) is 16.8. The van der Waals surface area contributed by atoms with Gasteiger partial charge in [-0.3, -0.25) is 0 Å². The molecule has 2 N–H and O–H groups in total. The standard InChI is InChI=1S/C17H28N2O3/c1-13-7-8-14(15(11-13)22-5)18-16(21)19(9-6-10-20)12-17(2,3)4/h7-8,11,20H,6,9-10,12H2,1-5H3,(H,18,21). The fourth-order valence-electron chi connectivity index (χ4n) is 2.18. The van der Waals surface area contributed by atoms with Crippen molar-refractivity contribution in [1.82, 2.24) is 4.90 Å². The molecule has 0 heterocycles. The first-order valence-electron chi connectivity index (χ1n) is 7.58. The molecule has 1 rings (SSSR count). The number of amides is 2. The van der Waals surface area contributed by atoms with Gasteiger partial charge in [0.1, 0.15) is 5.75 Å². The maximum atomic E-state index is 12.5. The van der Waals surface area contributed by atoms with E-state index in [9.17, 15) is 4.79 Å². The van der Waals surface area contributed by atoms with Gasteiger partial charge >= 0.3 is 6.03 Å². The highest BCUT2D eigenvalue weighted by Crippen LogP contribution is 2.26. The van der Waals surface area contributed by atoms with E-state index in [1.165, 1.54) is 0 Å². The minimum atomic E-state index is -0.175. The van der Waals surface area contributed by atoms with Gasteiger partial charge in [0.05, 0.1) is 12.8 Å². The topological polar surface area (TPSA) is 61.8 Å². The molecule has 0 aliphatic heterocycles. The second-order valence-corrected chi connectivity index (χ2v) is 6.69. The summed E-state index contributed by atoms with van der Waals surface area (Å²) in [4.78, 5) is 14.3. The molecule has 2 amide bonds. The van der Waals surface area contributed by atoms with Crippen molar-refractivity contribution < 1.29 is 14.6 Å². The molecule has 0 saturated carbocycles. The molecule has 0 bridgehead atoms. The van der Waals surface area contributed by atoms with Crippen molar-refractivity contribution in [2.24, 2.45) is 5.41 Å². The average Bonchev–Trinajstić information content (AvgIpc) is 2.43. The van der Waals surface area contributed by atoms with Gasteiger partial charge in [0, 0.05) is 19.7 Å². The first kappa shape index (κ1) is 18.3. The zero-order valence-electron chi connectivity index (χ0n) is 14.3. The van der Waals surface area contributed by atoms with Gasteiger partial charge in [0.15, 0.2) is 0 Å². The molecule has 0 saturated heterocycles. The summed E-state index contributed by atoms with van der Waals surface area (Å²) in [7, 11) is 1.59. The Hall–Kier alpha value is -1.75. The maximum Gasteiger partial charge on any atom is 0.321 e. The number of methoxy groups -OCH3 is 1. The Morgan fingerprint density at radius 1 is 1.36 bits per heavy atom. The number of nitrogens with one attached hydrogen (secondary N) is 1. The van der Waals surface area contributed by atoms with Gasteiger partial charge in [0.25, 0.3) is 0 Å². The summed E-state index contributed by atoms with van der Waals surface area (Å²) >= 11 is 0. The first-order chi connectivity index (χ1) is 10.3. The van der Waals surface area contributed by atoms with Crippen LogP contribution >= 0.6 is 0 Å². The highest BCUT2D eigenvalue weighted by molar-refractivity contribution is 5.91. The second kappa shape index (κ2) is 8.03. The van der Waals surface area contributed by atoms with Crippen LogP contribution in [0.15, 0.2) is 18.2 Å². The van der Waals surface area contributed by atoms with E-state index in [1.54, 1.807) is 12.0 Å². The van der Waals surface area contributed by atoms with Crippen LogP contribution in [0.4, 0.5) is 10.5 Å². The number of carbonyl (C=O) groups excluding carboxylic acids is 1. The van der Waals surface area contributed by atoms with Crippen LogP contribution in [0.2, 0.25) is 0 Å². The Morgan fingerprint density at radius 3 is 2.59 bits per heavy atom. The molecule has 0 radical (unpaired) electrons. The van der Waals surface area contributed by atoms with Crippen LogP contribution in [0.5, 0.6) is 5.75 Å². The number of aryl methyl sites for hydroxylation is 1. The molecule has 1 aromatic carbocycles. The minimum absolute atomic E-state index is 0.00976. The van der Waals surface area contributed by atoms with Crippen LogP contribution < -0.4 is 10.1 Å². The lowest BCUT2D eigenvalue weighted by atomic mass is 9.96. The van der Waals surface area contributed by atoms with Crippen LogP contribution in [0.25, 0.3) is 0 Å². The Kier molecular flexibility index (Phi) is 6.68. The van der Waals surface area contributed by atoms with E-state index in [2.05, 4.69) is 26.1 Å². The number of rotatable bonds is 6. The first-order valence-corrected chi connectivity index (χ1v) is 7.58. The van der Waals surface area contributed by atoms with Crippen molar-refractivity contribution in [2.75, 3.05) is 32.1 Å². The van der Waals surface area contributed by atoms with Crippen molar-refractivity contribution in [1.29, 1.82) is 0 Å². The van der Waals surface area contributed by atoms with Crippen LogP contribution in [0, 0.1) is 12.3 Å². The molecular weight excluding hydrogens is 280 g/mol. The Labute approximate surface area is 133 Å². The monoisotopic (exact) mass is 308 g/mol. The minimum Gasteiger partial charge on any atom is -0.495 e. The van der Waals surface area contributed by atoms with E-state index in [0.717, 1.165) is 5.56 Å². The third-order valence-electron chi connectivity index (χ3n) is 3.14. The fourth-order valence-corrected chi connectivity index (χ4v) is 2.18. The largest absolute Gasteiger partial charge is 0.495 e. The van der Waals surface area contributed by atoms with Crippen molar-refractivity contribution in [2.45, 2.75) is 34.1 Å². The molecule has 0 aliphatic carbocycles. The Balaban J connectivity index is 2.86. The van der Waals surface area contributed by atoms with Crippen molar-refractivity contribution in [3.8, 4) is 5.75 Å². The lowest BCUT2D eigenvalue weighted by molar-refractivity contribution is 0.176. The number of carbonyl (C=O) groups is 1. The van der Waals surface area contributed by atoms with E-state index in [-0.39, 0.29) is 18.1 Å². The molecule has 1 aromatic rings. The Morgan fingerprint density at radius 2 is 2.05 bits per heavy atom. The van der Waals surface area contributed by atoms with Crippen LogP contribution in [0.3, 0.4) is 0 Å². The highest BCUT2D eigenvalue weighted by Gasteiger charge is 2.21. The number of aliphatic hydroxyl groups is 1. The van der Waals surface area contributed by atoms with Gasteiger partial charge < -0.3 is 20.1 Å². The second-order valence-electron chi connectivity index (χ2n) is 6.69. The fraction of sp³-hybridized carbons (Fsp3) is 0.588. The lowest BCUT2D eigenvalue weighted by Gasteiger charge is -2.30. The Bertz CT molecular complexity index is 495. The maximum absolute atomic E-state index is 12.5. The molecule has 0 aliphatic rings. The molecule has 0 fully saturated rings. The third-order valence-corrected chi connectivity index (χ3v) is 3.14. The number of hydrogen-bond donors (Lipinski definition) is 2. The van der Waals surface area contributed by atoms with E-state index < -0.39 is 0 Å². The highest BCUT2D eigenvalue weighted by atomic mass is 16.5. The molecule has 0 atom stereocenters. The van der Waals surface area contributed by atoms with Crippen molar-refractivity contribution in [3.63, 3.8) is 0 Å². The summed E-state index contributed by atoms with van der Waals surface area (Å²) in [5, 5.41) is 11.9. The molecule has 124 valence electrons. The average molecular weight is 308 g/mol. The van der Waals surface area contributed by atoms with Crippen molar-refractivity contribution >= 4 is 11.7 Å². The summed E-state index contributed by atoms with van der Waals surface area (Å²) in [5.74, 6) is 0.645. The van der Waals surface area contributed by atoms with Gasteiger partial charge in [-0.2, -0.15) is 0 Å². The molecule has 5 heteroatoms. The van der Waals surface area contributed by atoms with Gasteiger partial charge in [-0.25, -0.2) is 4.79 Å². The summed E-state index contributed by atoms with van der Waals surface area (Å²) in [6.45, 7) is 9.43. The number of hydrogen-bond acceptors (Lipinski definition) is 3. The number of ether oxygens (including phenoxy) is 1. The van der Waals surface area contributed by atoms with E-state index in [4.69, 9.17) is 9.84 Å². The van der Waals surface area contributed by atoms with Crippen LogP contribution in [-0.4, -0.2) is 42.8 Å². The van der Waals surface area contributed by atoms with E-state index in [0.29, 0.717) is 30.9 Å². The van der Waals surface area contributed by atoms with E-state index >= 15 is 0 Å². The molecule has 22 heavy (non-hydrogen) atoms. The SMILES string of the molecule is COc1cc(C)ccc1NC(=O)N(CCCO)CC(C)(C)C. The summed E-state index contributed by atoms with van der Waals surface area (Å²) < 4.78 is 5.32. The van der Waals surface area contributed by atoms with Gasteiger partial charge in [-0.1, -0.05) is 26.8 Å². The van der Waals surface area contributed by atoms with Crippen LogP contribution in [0.1, 0.15) is 32.8 Å². The molecule has 0 aromatic heterocycles. The summed E-state index contributed by atoms with van der Waals surface area (Å²) in [5.41, 5.74) is 1.71. The zero-order valence-corrected chi connectivity index (χ0v) is 14.3. The third kappa shape index (κ3) is 5.93. The predicted octanol–water partition coefficient (Wildman–Crippen LogP) is 3.27. The van der Waals surface area contributed by atoms with Gasteiger partial charge in [0.2, 0.25) is 0 Å². The molecule has 5 nitrogen and oxygen atoms in total. The number of aliphatic hydroxyl groups excluding tert-OH is 1. The number of anilines is 1. The molecule has 0 spiro atoms. The number of benzene rings is 1. The molecular formula is C17H28N2O3. The van der Waals surface area contributed by atoms with Crippen LogP contribution in [-0.2, 0) is 0 Å². The summed E-state index contributed by atoms with van der Waals surface area (Å²) in [6, 6.07) is 5.48. The van der Waals surface area contributed by atoms with Gasteiger partial charge in [-0.15, -0.1) is 0 Å². The smallest absolute Gasteiger partial charge is 0.321 e. The normalized spacial score (nSPS) is 11.2. The number of urea groups is 1. The van der Waals surface area contributed by atoms with E-state index in [1.807, 2.05) is 25.1 Å². The lowest BCUT2D eigenvalue weighted by Crippen LogP contribution is -2.41.